The van der Waals surface area contributed by atoms with E-state index in [2.05, 4.69) is 53.6 Å². The topological polar surface area (TPSA) is 45.6 Å². The van der Waals surface area contributed by atoms with Crippen molar-refractivity contribution in [2.75, 3.05) is 6.54 Å². The van der Waals surface area contributed by atoms with Gasteiger partial charge in [0.1, 0.15) is 0 Å². The molecule has 0 bridgehead atoms. The van der Waals surface area contributed by atoms with Crippen molar-refractivity contribution < 1.29 is 0 Å². The summed E-state index contributed by atoms with van der Waals surface area (Å²) in [5, 5.41) is 9.20. The van der Waals surface area contributed by atoms with E-state index in [9.17, 15) is 0 Å². The molecule has 0 saturated carbocycles. The maximum atomic E-state index is 4.24. The van der Waals surface area contributed by atoms with E-state index >= 15 is 0 Å². The predicted octanol–water partition coefficient (Wildman–Crippen LogP) is 3.28. The summed E-state index contributed by atoms with van der Waals surface area (Å²) in [6.45, 7) is 6.36. The van der Waals surface area contributed by atoms with Gasteiger partial charge in [-0.3, -0.25) is 4.68 Å². The molecular weight excluding hydrogens is 272 g/mol. The van der Waals surface area contributed by atoms with E-state index in [0.29, 0.717) is 6.04 Å². The van der Waals surface area contributed by atoms with E-state index in [1.165, 1.54) is 22.0 Å². The van der Waals surface area contributed by atoms with Gasteiger partial charge in [-0.05, 0) is 50.4 Å². The minimum atomic E-state index is 0.496. The average molecular weight is 296 g/mol. The van der Waals surface area contributed by atoms with Gasteiger partial charge in [-0.1, -0.05) is 18.2 Å². The van der Waals surface area contributed by atoms with Crippen LogP contribution in [0.5, 0.6) is 0 Å². The fourth-order valence-corrected chi connectivity index (χ4v) is 2.88. The van der Waals surface area contributed by atoms with Crippen LogP contribution < -0.4 is 5.32 Å². The molecule has 3 rings (SSSR count). The summed E-state index contributed by atoms with van der Waals surface area (Å²) in [7, 11) is 0. The Kier molecular flexibility index (Phi) is 4.59. The number of aromatic nitrogens is 3. The maximum Gasteiger partial charge on any atom is 0.0489 e. The number of para-hydroxylation sites is 1. The van der Waals surface area contributed by atoms with Crippen molar-refractivity contribution >= 4 is 10.9 Å². The zero-order valence-electron chi connectivity index (χ0n) is 13.3. The predicted molar refractivity (Wildman–Crippen MR) is 91.0 cm³/mol. The van der Waals surface area contributed by atoms with Crippen molar-refractivity contribution in [1.29, 1.82) is 0 Å². The number of aryl methyl sites for hydroxylation is 2. The highest BCUT2D eigenvalue weighted by molar-refractivity contribution is 5.85. The van der Waals surface area contributed by atoms with Crippen molar-refractivity contribution in [1.82, 2.24) is 20.1 Å². The first-order valence-electron chi connectivity index (χ1n) is 8.00. The molecule has 1 aromatic carbocycles. The Hall–Kier alpha value is -2.07. The van der Waals surface area contributed by atoms with Crippen LogP contribution in [-0.4, -0.2) is 27.4 Å². The van der Waals surface area contributed by atoms with E-state index in [-0.39, 0.29) is 0 Å². The molecule has 0 amide bonds. The molecule has 0 saturated heterocycles. The Labute approximate surface area is 131 Å². The van der Waals surface area contributed by atoms with Crippen LogP contribution in [-0.2, 0) is 13.0 Å². The lowest BCUT2D eigenvalue weighted by atomic mass is 10.1. The molecule has 116 valence electrons. The molecule has 0 unspecified atom stereocenters. The third-order valence-corrected chi connectivity index (χ3v) is 4.25. The molecule has 2 aromatic heterocycles. The summed E-state index contributed by atoms with van der Waals surface area (Å²) < 4.78 is 1.99. The van der Waals surface area contributed by atoms with Crippen LogP contribution in [0.1, 0.15) is 24.5 Å². The Balaban J connectivity index is 1.48. The van der Waals surface area contributed by atoms with Gasteiger partial charge >= 0.3 is 0 Å². The number of hydrogen-bond donors (Lipinski definition) is 2. The van der Waals surface area contributed by atoms with Gasteiger partial charge in [0.25, 0.3) is 0 Å². The number of benzene rings is 1. The number of nitrogens with zero attached hydrogens (tertiary/aromatic N) is 2. The van der Waals surface area contributed by atoms with Gasteiger partial charge in [0, 0.05) is 42.1 Å². The van der Waals surface area contributed by atoms with Crippen molar-refractivity contribution in [2.45, 2.75) is 39.3 Å². The molecule has 2 N–H and O–H groups in total. The number of aromatic amines is 1. The molecule has 3 aromatic rings. The smallest absolute Gasteiger partial charge is 0.0489 e. The first kappa shape index (κ1) is 14.9. The number of nitrogens with one attached hydrogen (secondary N) is 2. The number of rotatable bonds is 7. The highest BCUT2D eigenvalue weighted by Gasteiger charge is 2.06. The van der Waals surface area contributed by atoms with E-state index in [1.807, 2.05) is 23.1 Å². The molecule has 2 heterocycles. The van der Waals surface area contributed by atoms with Gasteiger partial charge in [-0.15, -0.1) is 0 Å². The number of H-pyrrole nitrogens is 1. The van der Waals surface area contributed by atoms with Gasteiger partial charge in [-0.25, -0.2) is 0 Å². The van der Waals surface area contributed by atoms with Gasteiger partial charge in [0.05, 0.1) is 0 Å². The quantitative estimate of drug-likeness (QED) is 0.703. The van der Waals surface area contributed by atoms with Crippen LogP contribution in [0.15, 0.2) is 42.9 Å². The molecule has 0 spiro atoms. The van der Waals surface area contributed by atoms with Crippen molar-refractivity contribution in [3.63, 3.8) is 0 Å². The second-order valence-corrected chi connectivity index (χ2v) is 5.97. The van der Waals surface area contributed by atoms with Crippen LogP contribution in [0, 0.1) is 6.92 Å². The molecule has 0 radical (unpaired) electrons. The second-order valence-electron chi connectivity index (χ2n) is 5.97. The Morgan fingerprint density at radius 1 is 1.32 bits per heavy atom. The highest BCUT2D eigenvalue weighted by atomic mass is 15.3. The summed E-state index contributed by atoms with van der Waals surface area (Å²) in [4.78, 5) is 3.40. The summed E-state index contributed by atoms with van der Waals surface area (Å²) in [5.74, 6) is 0. The lowest BCUT2D eigenvalue weighted by Crippen LogP contribution is -2.29. The zero-order valence-corrected chi connectivity index (χ0v) is 13.3. The highest BCUT2D eigenvalue weighted by Crippen LogP contribution is 2.21. The molecular formula is C18H24N4. The third kappa shape index (κ3) is 3.39. The molecule has 0 aliphatic heterocycles. The van der Waals surface area contributed by atoms with E-state index in [4.69, 9.17) is 0 Å². The fraction of sp³-hybridized carbons (Fsp3) is 0.389. The first-order valence-corrected chi connectivity index (χ1v) is 8.00. The largest absolute Gasteiger partial charge is 0.361 e. The molecule has 4 nitrogen and oxygen atoms in total. The van der Waals surface area contributed by atoms with Crippen LogP contribution in [0.3, 0.4) is 0 Å². The monoisotopic (exact) mass is 296 g/mol. The van der Waals surface area contributed by atoms with Crippen molar-refractivity contribution in [2.24, 2.45) is 0 Å². The summed E-state index contributed by atoms with van der Waals surface area (Å²) in [6, 6.07) is 8.95. The van der Waals surface area contributed by atoms with E-state index in [0.717, 1.165) is 25.9 Å². The summed E-state index contributed by atoms with van der Waals surface area (Å²) in [6.07, 6.45) is 8.14. The summed E-state index contributed by atoms with van der Waals surface area (Å²) in [5.41, 5.74) is 3.97. The van der Waals surface area contributed by atoms with Gasteiger partial charge in [-0.2, -0.15) is 5.10 Å². The van der Waals surface area contributed by atoms with Crippen LogP contribution in [0.4, 0.5) is 0 Å². The Morgan fingerprint density at radius 3 is 3.05 bits per heavy atom. The van der Waals surface area contributed by atoms with Crippen molar-refractivity contribution in [3.8, 4) is 0 Å². The standard InChI is InChI=1S/C18H24N4/c1-14-5-3-6-17-16(13-20-18(14)17)7-10-19-15(2)8-12-22-11-4-9-21-22/h3-6,9,11,13,15,19-20H,7-8,10,12H2,1-2H3/t15-/m0/s1. The Morgan fingerprint density at radius 2 is 2.23 bits per heavy atom. The molecule has 1 atom stereocenters. The van der Waals surface area contributed by atoms with Crippen LogP contribution in [0.25, 0.3) is 10.9 Å². The minimum Gasteiger partial charge on any atom is -0.361 e. The van der Waals surface area contributed by atoms with Gasteiger partial charge in [0.2, 0.25) is 0 Å². The van der Waals surface area contributed by atoms with Crippen LogP contribution in [0.2, 0.25) is 0 Å². The van der Waals surface area contributed by atoms with Crippen LogP contribution >= 0.6 is 0 Å². The molecule has 0 aliphatic carbocycles. The van der Waals surface area contributed by atoms with Gasteiger partial charge < -0.3 is 10.3 Å². The molecule has 0 aliphatic rings. The number of fused-ring (bicyclic) bond motifs is 1. The third-order valence-electron chi connectivity index (χ3n) is 4.25. The van der Waals surface area contributed by atoms with Gasteiger partial charge in [0.15, 0.2) is 0 Å². The SMILES string of the molecule is Cc1cccc2c(CCN[C@@H](C)CCn3cccn3)c[nH]c12. The Bertz CT molecular complexity index is 712. The second kappa shape index (κ2) is 6.79. The lowest BCUT2D eigenvalue weighted by Gasteiger charge is -2.13. The minimum absolute atomic E-state index is 0.496. The zero-order chi connectivity index (χ0) is 15.4. The molecule has 0 fully saturated rings. The average Bonchev–Trinajstić information content (AvgIpc) is 3.16. The van der Waals surface area contributed by atoms with Crippen molar-refractivity contribution in [3.05, 3.63) is 54.0 Å². The fourth-order valence-electron chi connectivity index (χ4n) is 2.88. The molecule has 22 heavy (non-hydrogen) atoms. The first-order chi connectivity index (χ1) is 10.7. The van der Waals surface area contributed by atoms with E-state index in [1.54, 1.807) is 0 Å². The molecule has 4 heteroatoms. The number of hydrogen-bond acceptors (Lipinski definition) is 2. The maximum absolute atomic E-state index is 4.24. The van der Waals surface area contributed by atoms with E-state index < -0.39 is 0 Å². The summed E-state index contributed by atoms with van der Waals surface area (Å²) >= 11 is 0. The lowest BCUT2D eigenvalue weighted by molar-refractivity contribution is 0.461. The normalized spacial score (nSPS) is 12.8.